The largest absolute Gasteiger partial charge is 0.468 e. The molecule has 21 heavy (non-hydrogen) atoms. The Morgan fingerprint density at radius 2 is 1.71 bits per heavy atom. The van der Waals surface area contributed by atoms with Gasteiger partial charge in [-0.3, -0.25) is 9.59 Å². The lowest BCUT2D eigenvalue weighted by Crippen LogP contribution is -2.39. The van der Waals surface area contributed by atoms with Crippen LogP contribution < -0.4 is 0 Å². The molecule has 1 aromatic heterocycles. The third kappa shape index (κ3) is 4.40. The summed E-state index contributed by atoms with van der Waals surface area (Å²) in [6, 6.07) is 1.38. The van der Waals surface area contributed by atoms with Crippen LogP contribution in [0, 0.1) is 6.92 Å². The van der Waals surface area contributed by atoms with Gasteiger partial charge in [0.25, 0.3) is 10.0 Å². The molecule has 0 saturated heterocycles. The first-order valence-electron chi connectivity index (χ1n) is 5.62. The van der Waals surface area contributed by atoms with Crippen LogP contribution in [0.25, 0.3) is 0 Å². The van der Waals surface area contributed by atoms with Crippen LogP contribution in [0.3, 0.4) is 0 Å². The van der Waals surface area contributed by atoms with E-state index in [0.717, 1.165) is 25.6 Å². The predicted octanol–water partition coefficient (Wildman–Crippen LogP) is 1.05. The van der Waals surface area contributed by atoms with E-state index < -0.39 is 35.1 Å². The van der Waals surface area contributed by atoms with Crippen molar-refractivity contribution in [3.8, 4) is 0 Å². The monoisotopic (exact) mass is 355 g/mol. The second-order valence-corrected chi connectivity index (χ2v) is 7.77. The molecular weight excluding hydrogens is 342 g/mol. The van der Waals surface area contributed by atoms with Crippen LogP contribution in [-0.2, 0) is 29.1 Å². The van der Waals surface area contributed by atoms with E-state index in [0.29, 0.717) is 14.2 Å². The number of thiophene rings is 1. The molecule has 0 amide bonds. The number of nitrogens with zero attached hydrogens (tertiary/aromatic N) is 1. The highest BCUT2D eigenvalue weighted by Gasteiger charge is 2.31. The molecule has 10 heteroatoms. The number of sulfonamides is 1. The maximum Gasteiger partial charge on any atom is 0.321 e. The van der Waals surface area contributed by atoms with Crippen molar-refractivity contribution >= 4 is 44.9 Å². The van der Waals surface area contributed by atoms with E-state index in [1.54, 1.807) is 6.92 Å². The van der Waals surface area contributed by atoms with Crippen LogP contribution in [0.1, 0.15) is 5.56 Å². The van der Waals surface area contributed by atoms with E-state index in [-0.39, 0.29) is 4.21 Å². The molecule has 7 nitrogen and oxygen atoms in total. The van der Waals surface area contributed by atoms with Crippen LogP contribution >= 0.6 is 22.9 Å². The smallest absolute Gasteiger partial charge is 0.321 e. The minimum Gasteiger partial charge on any atom is -0.468 e. The summed E-state index contributed by atoms with van der Waals surface area (Å²) in [5, 5.41) is 0. The first-order valence-corrected chi connectivity index (χ1v) is 8.25. The minimum atomic E-state index is -4.05. The van der Waals surface area contributed by atoms with E-state index in [1.165, 1.54) is 6.07 Å². The maximum atomic E-state index is 12.5. The Bertz CT molecular complexity index is 602. The molecule has 1 heterocycles. The Hall–Kier alpha value is -1.16. The third-order valence-corrected chi connectivity index (χ3v) is 6.29. The zero-order valence-electron chi connectivity index (χ0n) is 11.6. The van der Waals surface area contributed by atoms with Crippen LogP contribution in [0.4, 0.5) is 0 Å². The number of carbonyl (C=O) groups is 2. The van der Waals surface area contributed by atoms with Gasteiger partial charge in [0.05, 0.1) is 18.6 Å². The lowest BCUT2D eigenvalue weighted by atomic mass is 10.4. The number of hydrogen-bond donors (Lipinski definition) is 0. The topological polar surface area (TPSA) is 90.0 Å². The van der Waals surface area contributed by atoms with Crippen molar-refractivity contribution in [1.29, 1.82) is 0 Å². The molecule has 0 aromatic carbocycles. The number of hydrogen-bond acceptors (Lipinski definition) is 7. The van der Waals surface area contributed by atoms with Crippen molar-refractivity contribution in [3.05, 3.63) is 16.0 Å². The normalized spacial score (nSPS) is 11.5. The molecule has 0 aliphatic rings. The molecule has 0 aliphatic heterocycles. The molecule has 0 unspecified atom stereocenters. The predicted molar refractivity (Wildman–Crippen MR) is 76.9 cm³/mol. The van der Waals surface area contributed by atoms with Gasteiger partial charge in [-0.1, -0.05) is 11.6 Å². The number of carbonyl (C=O) groups excluding carboxylic acids is 2. The number of ether oxygens (including phenoxy) is 2. The summed E-state index contributed by atoms with van der Waals surface area (Å²) >= 11 is 6.71. The van der Waals surface area contributed by atoms with E-state index in [9.17, 15) is 18.0 Å². The zero-order valence-corrected chi connectivity index (χ0v) is 14.0. The standard InChI is InChI=1S/C11H14ClNO6S2/c1-7-4-10(20-11(7)12)21(16,17)13(5-8(14)18-2)6-9(15)19-3/h4H,5-6H2,1-3H3. The van der Waals surface area contributed by atoms with Gasteiger partial charge in [-0.15, -0.1) is 11.3 Å². The molecule has 0 aliphatic carbocycles. The summed E-state index contributed by atoms with van der Waals surface area (Å²) in [5.41, 5.74) is 0.594. The van der Waals surface area contributed by atoms with E-state index >= 15 is 0 Å². The second kappa shape index (κ2) is 7.21. The highest BCUT2D eigenvalue weighted by atomic mass is 35.5. The lowest BCUT2D eigenvalue weighted by molar-refractivity contribution is -0.143. The molecule has 1 aromatic rings. The molecule has 0 saturated carbocycles. The number of rotatable bonds is 6. The first kappa shape index (κ1) is 17.9. The van der Waals surface area contributed by atoms with E-state index in [1.807, 2.05) is 0 Å². The fraction of sp³-hybridized carbons (Fsp3) is 0.455. The van der Waals surface area contributed by atoms with E-state index in [2.05, 4.69) is 9.47 Å². The first-order chi connectivity index (χ1) is 9.72. The molecule has 0 spiro atoms. The summed E-state index contributed by atoms with van der Waals surface area (Å²) in [4.78, 5) is 22.7. The summed E-state index contributed by atoms with van der Waals surface area (Å²) in [5.74, 6) is -1.58. The summed E-state index contributed by atoms with van der Waals surface area (Å²) in [6.45, 7) is 0.466. The highest BCUT2D eigenvalue weighted by Crippen LogP contribution is 2.31. The Labute approximate surface area is 131 Å². The molecule has 0 atom stereocenters. The summed E-state index contributed by atoms with van der Waals surface area (Å²) in [7, 11) is -1.80. The highest BCUT2D eigenvalue weighted by molar-refractivity contribution is 7.91. The van der Waals surface area contributed by atoms with Crippen LogP contribution in [-0.4, -0.2) is 52.0 Å². The molecule has 0 fully saturated rings. The van der Waals surface area contributed by atoms with Crippen molar-refractivity contribution in [2.24, 2.45) is 0 Å². The summed E-state index contributed by atoms with van der Waals surface area (Å²) in [6.07, 6.45) is 0. The molecule has 0 radical (unpaired) electrons. The summed E-state index contributed by atoms with van der Waals surface area (Å²) < 4.78 is 34.8. The average Bonchev–Trinajstić information content (AvgIpc) is 2.78. The molecule has 0 bridgehead atoms. The second-order valence-electron chi connectivity index (χ2n) is 3.95. The van der Waals surface area contributed by atoms with Gasteiger partial charge >= 0.3 is 11.9 Å². The fourth-order valence-electron chi connectivity index (χ4n) is 1.33. The number of halogens is 1. The quantitative estimate of drug-likeness (QED) is 0.708. The lowest BCUT2D eigenvalue weighted by Gasteiger charge is -2.18. The molecule has 1 rings (SSSR count). The van der Waals surface area contributed by atoms with Gasteiger partial charge in [0.15, 0.2) is 0 Å². The van der Waals surface area contributed by atoms with Crippen LogP contribution in [0.5, 0.6) is 0 Å². The molecule has 0 N–H and O–H groups in total. The van der Waals surface area contributed by atoms with E-state index in [4.69, 9.17) is 11.6 Å². The Morgan fingerprint density at radius 3 is 2.05 bits per heavy atom. The van der Waals surface area contributed by atoms with Gasteiger partial charge in [-0.05, 0) is 18.6 Å². The fourth-order valence-corrected chi connectivity index (χ4v) is 4.52. The Morgan fingerprint density at radius 1 is 1.24 bits per heavy atom. The van der Waals surface area contributed by atoms with Gasteiger partial charge in [0.2, 0.25) is 0 Å². The minimum absolute atomic E-state index is 0.0576. The number of esters is 2. The van der Waals surface area contributed by atoms with Crippen molar-refractivity contribution in [1.82, 2.24) is 4.31 Å². The van der Waals surface area contributed by atoms with Gasteiger partial charge < -0.3 is 9.47 Å². The van der Waals surface area contributed by atoms with Crippen LogP contribution in [0.2, 0.25) is 4.34 Å². The SMILES string of the molecule is COC(=O)CN(CC(=O)OC)S(=O)(=O)c1cc(C)c(Cl)s1. The van der Waals surface area contributed by atoms with Gasteiger partial charge in [0, 0.05) is 0 Å². The van der Waals surface area contributed by atoms with Gasteiger partial charge in [0.1, 0.15) is 17.3 Å². The average molecular weight is 356 g/mol. The van der Waals surface area contributed by atoms with Gasteiger partial charge in [-0.2, -0.15) is 4.31 Å². The molecule has 118 valence electrons. The van der Waals surface area contributed by atoms with Crippen molar-refractivity contribution in [3.63, 3.8) is 0 Å². The van der Waals surface area contributed by atoms with Crippen molar-refractivity contribution in [2.75, 3.05) is 27.3 Å². The Balaban J connectivity index is 3.15. The van der Waals surface area contributed by atoms with Crippen molar-refractivity contribution < 1.29 is 27.5 Å². The molecular formula is C11H14ClNO6S2. The number of aryl methyl sites for hydroxylation is 1. The third-order valence-electron chi connectivity index (χ3n) is 2.49. The van der Waals surface area contributed by atoms with Crippen molar-refractivity contribution in [2.45, 2.75) is 11.1 Å². The van der Waals surface area contributed by atoms with Crippen LogP contribution in [0.15, 0.2) is 10.3 Å². The zero-order chi connectivity index (χ0) is 16.2. The number of methoxy groups -OCH3 is 2. The van der Waals surface area contributed by atoms with Gasteiger partial charge in [-0.25, -0.2) is 8.42 Å². The Kier molecular flexibility index (Phi) is 6.14. The maximum absolute atomic E-state index is 12.5.